The second-order valence-corrected chi connectivity index (χ2v) is 8.73. The fourth-order valence-corrected chi connectivity index (χ4v) is 5.22. The first-order valence-electron chi connectivity index (χ1n) is 10.6. The average molecular weight is 417 g/mol. The summed E-state index contributed by atoms with van der Waals surface area (Å²) in [5.74, 6) is 0.771. The number of pyridine rings is 2. The van der Waals surface area contributed by atoms with Gasteiger partial charge in [0.05, 0.1) is 11.2 Å². The summed E-state index contributed by atoms with van der Waals surface area (Å²) in [5.41, 5.74) is 3.67. The Kier molecular flexibility index (Phi) is 4.75. The number of likely N-dealkylation sites (tertiary alicyclic amines) is 1. The number of benzene rings is 1. The lowest BCUT2D eigenvalue weighted by Crippen LogP contribution is -2.35. The van der Waals surface area contributed by atoms with E-state index in [0.29, 0.717) is 29.1 Å². The summed E-state index contributed by atoms with van der Waals surface area (Å²) in [6, 6.07) is 14.3. The highest BCUT2D eigenvalue weighted by atomic mass is 19.1. The molecule has 0 spiro atoms. The molecule has 0 saturated carbocycles. The third-order valence-corrected chi connectivity index (χ3v) is 6.98. The zero-order chi connectivity index (χ0) is 21.7. The highest BCUT2D eigenvalue weighted by Gasteiger charge is 2.45. The number of rotatable bonds is 3. The van der Waals surface area contributed by atoms with Gasteiger partial charge in [-0.25, -0.2) is 9.37 Å². The van der Waals surface area contributed by atoms with E-state index in [-0.39, 0.29) is 11.4 Å². The maximum atomic E-state index is 13.2. The van der Waals surface area contributed by atoms with Crippen LogP contribution in [0.3, 0.4) is 0 Å². The maximum Gasteiger partial charge on any atom is 0.252 e. The fraction of sp³-hybridized carbons (Fsp3) is 0.375. The minimum absolute atomic E-state index is 0.0722. The highest BCUT2D eigenvalue weighted by molar-refractivity contribution is 5.88. The molecule has 7 heteroatoms. The van der Waals surface area contributed by atoms with Crippen molar-refractivity contribution in [2.45, 2.75) is 19.5 Å². The van der Waals surface area contributed by atoms with Crippen LogP contribution in [0.1, 0.15) is 18.2 Å². The highest BCUT2D eigenvalue weighted by Crippen LogP contribution is 2.39. The van der Waals surface area contributed by atoms with Gasteiger partial charge in [-0.3, -0.25) is 9.69 Å². The molecule has 0 amide bonds. The number of aryl methyl sites for hydroxylation is 1. The summed E-state index contributed by atoms with van der Waals surface area (Å²) in [7, 11) is 1.73. The molecule has 158 valence electrons. The first-order chi connectivity index (χ1) is 14.9. The van der Waals surface area contributed by atoms with E-state index in [1.54, 1.807) is 29.8 Å². The lowest BCUT2D eigenvalue weighted by molar-refractivity contribution is 0.234. The molecule has 1 aromatic carbocycles. The van der Waals surface area contributed by atoms with Crippen molar-refractivity contribution < 1.29 is 4.39 Å². The van der Waals surface area contributed by atoms with Gasteiger partial charge in [0, 0.05) is 45.3 Å². The van der Waals surface area contributed by atoms with Gasteiger partial charge in [-0.1, -0.05) is 12.1 Å². The van der Waals surface area contributed by atoms with E-state index in [1.807, 2.05) is 12.1 Å². The van der Waals surface area contributed by atoms with Gasteiger partial charge in [-0.15, -0.1) is 0 Å². The molecule has 4 heterocycles. The van der Waals surface area contributed by atoms with Crippen molar-refractivity contribution in [3.63, 3.8) is 0 Å². The van der Waals surface area contributed by atoms with Crippen molar-refractivity contribution in [2.75, 3.05) is 24.5 Å². The molecule has 3 atom stereocenters. The number of hydrogen-bond donors (Lipinski definition) is 0. The Bertz CT molecular complexity index is 1250. The first-order valence-corrected chi connectivity index (χ1v) is 10.6. The summed E-state index contributed by atoms with van der Waals surface area (Å²) in [6.45, 7) is 5.75. The van der Waals surface area contributed by atoms with Crippen LogP contribution in [-0.2, 0) is 13.6 Å². The first kappa shape index (κ1) is 19.7. The SMILES string of the molecule is C[C@@H]1[C@H]2CN(c3cc(=O)n(C)c4ccc(C#N)nc34)C[C@H]2CN1Cc1ccc(F)cc1. The van der Waals surface area contributed by atoms with Crippen LogP contribution in [0, 0.1) is 29.0 Å². The largest absolute Gasteiger partial charge is 0.369 e. The molecule has 3 aromatic rings. The molecule has 2 aliphatic heterocycles. The van der Waals surface area contributed by atoms with Gasteiger partial charge in [0.1, 0.15) is 23.1 Å². The van der Waals surface area contributed by atoms with Gasteiger partial charge in [0.2, 0.25) is 0 Å². The third-order valence-electron chi connectivity index (χ3n) is 6.98. The number of anilines is 1. The van der Waals surface area contributed by atoms with Gasteiger partial charge in [-0.2, -0.15) is 5.26 Å². The molecule has 31 heavy (non-hydrogen) atoms. The second kappa shape index (κ2) is 7.47. The van der Waals surface area contributed by atoms with Crippen molar-refractivity contribution in [3.05, 3.63) is 69.9 Å². The number of nitrogens with zero attached hydrogens (tertiary/aromatic N) is 5. The molecule has 0 aliphatic carbocycles. The smallest absolute Gasteiger partial charge is 0.252 e. The van der Waals surface area contributed by atoms with E-state index in [2.05, 4.69) is 27.8 Å². The minimum atomic E-state index is -0.208. The molecule has 5 rings (SSSR count). The minimum Gasteiger partial charge on any atom is -0.369 e. The van der Waals surface area contributed by atoms with Crippen molar-refractivity contribution in [3.8, 4) is 6.07 Å². The van der Waals surface area contributed by atoms with Crippen LogP contribution in [-0.4, -0.2) is 40.1 Å². The zero-order valence-corrected chi connectivity index (χ0v) is 17.6. The number of nitriles is 1. The van der Waals surface area contributed by atoms with E-state index in [4.69, 9.17) is 0 Å². The van der Waals surface area contributed by atoms with Gasteiger partial charge in [0.25, 0.3) is 5.56 Å². The van der Waals surface area contributed by atoms with E-state index in [9.17, 15) is 14.4 Å². The van der Waals surface area contributed by atoms with Crippen LogP contribution in [0.5, 0.6) is 0 Å². The molecule has 2 aromatic heterocycles. The van der Waals surface area contributed by atoms with Crippen LogP contribution in [0.2, 0.25) is 0 Å². The summed E-state index contributed by atoms with van der Waals surface area (Å²) in [4.78, 5) is 21.8. The Morgan fingerprint density at radius 3 is 2.65 bits per heavy atom. The molecular formula is C24H24FN5O. The van der Waals surface area contributed by atoms with Crippen molar-refractivity contribution in [2.24, 2.45) is 18.9 Å². The van der Waals surface area contributed by atoms with Gasteiger partial charge in [-0.05, 0) is 48.6 Å². The molecule has 6 nitrogen and oxygen atoms in total. The molecule has 0 unspecified atom stereocenters. The molecule has 2 saturated heterocycles. The van der Waals surface area contributed by atoms with Gasteiger partial charge >= 0.3 is 0 Å². The maximum absolute atomic E-state index is 13.2. The predicted molar refractivity (Wildman–Crippen MR) is 117 cm³/mol. The molecule has 0 N–H and O–H groups in total. The van der Waals surface area contributed by atoms with Crippen molar-refractivity contribution in [1.82, 2.24) is 14.5 Å². The van der Waals surface area contributed by atoms with E-state index < -0.39 is 0 Å². The van der Waals surface area contributed by atoms with E-state index >= 15 is 0 Å². The number of aromatic nitrogens is 2. The lowest BCUT2D eigenvalue weighted by Gasteiger charge is -2.28. The Hall–Kier alpha value is -3.24. The zero-order valence-electron chi connectivity index (χ0n) is 17.6. The van der Waals surface area contributed by atoms with Gasteiger partial charge in [0.15, 0.2) is 0 Å². The molecule has 2 aliphatic rings. The van der Waals surface area contributed by atoms with Crippen molar-refractivity contribution in [1.29, 1.82) is 5.26 Å². The average Bonchev–Trinajstić information content (AvgIpc) is 3.31. The van der Waals surface area contributed by atoms with Crippen LogP contribution >= 0.6 is 0 Å². The van der Waals surface area contributed by atoms with Gasteiger partial charge < -0.3 is 9.47 Å². The summed E-state index contributed by atoms with van der Waals surface area (Å²) < 4.78 is 14.8. The Labute approximate surface area is 180 Å². The molecule has 2 fully saturated rings. The summed E-state index contributed by atoms with van der Waals surface area (Å²) >= 11 is 0. The predicted octanol–water partition coefficient (Wildman–Crippen LogP) is 2.90. The second-order valence-electron chi connectivity index (χ2n) is 8.73. The van der Waals surface area contributed by atoms with Crippen LogP contribution in [0.25, 0.3) is 11.0 Å². The number of fused-ring (bicyclic) bond motifs is 2. The summed E-state index contributed by atoms with van der Waals surface area (Å²) in [6.07, 6.45) is 0. The summed E-state index contributed by atoms with van der Waals surface area (Å²) in [5, 5.41) is 9.29. The standard InChI is InChI=1S/C24H24FN5O/c1-15-20-14-30(13-17(20)12-29(15)11-16-3-5-18(25)6-4-16)22-9-23(31)28(2)21-8-7-19(10-26)27-24(21)22/h3-9,15,17,20H,11-14H2,1-2H3/t15-,17-,20-/m1/s1. The molecule has 0 radical (unpaired) electrons. The monoisotopic (exact) mass is 417 g/mol. The van der Waals surface area contributed by atoms with E-state index in [0.717, 1.165) is 42.9 Å². The quantitative estimate of drug-likeness (QED) is 0.656. The topological polar surface area (TPSA) is 65.2 Å². The third kappa shape index (κ3) is 3.37. The Morgan fingerprint density at radius 1 is 1.16 bits per heavy atom. The van der Waals surface area contributed by atoms with Crippen molar-refractivity contribution >= 4 is 16.7 Å². The van der Waals surface area contributed by atoms with E-state index in [1.165, 1.54) is 12.1 Å². The Morgan fingerprint density at radius 2 is 1.94 bits per heavy atom. The van der Waals surface area contributed by atoms with Crippen LogP contribution in [0.4, 0.5) is 10.1 Å². The normalized spacial score (nSPS) is 23.3. The fourth-order valence-electron chi connectivity index (χ4n) is 5.22. The number of halogens is 1. The number of hydrogen-bond acceptors (Lipinski definition) is 5. The lowest BCUT2D eigenvalue weighted by atomic mass is 9.95. The van der Waals surface area contributed by atoms with Crippen LogP contribution in [0.15, 0.2) is 47.3 Å². The molecular weight excluding hydrogens is 393 g/mol. The van der Waals surface area contributed by atoms with Crippen LogP contribution < -0.4 is 10.5 Å². The Balaban J connectivity index is 1.40. The molecule has 0 bridgehead atoms.